The Labute approximate surface area is 169 Å². The van der Waals surface area contributed by atoms with Crippen molar-refractivity contribution in [1.82, 2.24) is 14.7 Å². The number of carbonyl (C=O) groups is 2. The lowest BCUT2D eigenvalue weighted by Gasteiger charge is -2.47. The molecule has 2 saturated heterocycles. The number of aliphatic hydroxyl groups excluding tert-OH is 1. The van der Waals surface area contributed by atoms with Crippen LogP contribution in [-0.4, -0.2) is 94.5 Å². The number of amides is 1. The van der Waals surface area contributed by atoms with Crippen molar-refractivity contribution >= 4 is 23.6 Å². The molecule has 0 aromatic carbocycles. The molecule has 28 heavy (non-hydrogen) atoms. The molecule has 3 heterocycles. The zero-order chi connectivity index (χ0) is 20.4. The maximum absolute atomic E-state index is 12.6. The van der Waals surface area contributed by atoms with E-state index in [-0.39, 0.29) is 23.6 Å². The number of fused-ring (bicyclic) bond motifs is 1. The SMILES string of the molecule is C[C@@H](O)[C@H]1C(=O)N2C(C(=O)O)=C(SCCC#N)[C@H](CCN3CCN(C)CC3)[C@H]12. The topological polar surface area (TPSA) is 108 Å². The van der Waals surface area contributed by atoms with Crippen molar-refractivity contribution in [3.05, 3.63) is 10.6 Å². The van der Waals surface area contributed by atoms with E-state index in [1.54, 1.807) is 6.92 Å². The lowest BCUT2D eigenvalue weighted by Crippen LogP contribution is -2.64. The second-order valence-electron chi connectivity index (χ2n) is 7.78. The number of thioether (sulfide) groups is 1. The summed E-state index contributed by atoms with van der Waals surface area (Å²) in [5.41, 5.74) is 0.0539. The molecule has 8 nitrogen and oxygen atoms in total. The number of piperazine rings is 1. The maximum atomic E-state index is 12.6. The van der Waals surface area contributed by atoms with Gasteiger partial charge in [-0.3, -0.25) is 4.79 Å². The average Bonchev–Trinajstić information content (AvgIpc) is 2.91. The molecule has 1 amide bonds. The molecule has 3 aliphatic heterocycles. The minimum Gasteiger partial charge on any atom is -0.477 e. The normalized spacial score (nSPS) is 29.4. The zero-order valence-corrected chi connectivity index (χ0v) is 17.2. The fourth-order valence-electron chi connectivity index (χ4n) is 4.45. The standard InChI is InChI=1S/C19H28N4O4S/c1-12(24)14-15-13(4-6-22-9-7-21(2)8-10-22)17(28-11-3-5-20)16(19(26)27)23(15)18(14)25/h12-15,24H,3-4,6-11H2,1-2H3,(H,26,27)/t12-,13-,14-,15-/m1/s1. The van der Waals surface area contributed by atoms with Crippen LogP contribution in [0.1, 0.15) is 19.8 Å². The first-order valence-electron chi connectivity index (χ1n) is 9.76. The van der Waals surface area contributed by atoms with Gasteiger partial charge in [0.2, 0.25) is 5.91 Å². The van der Waals surface area contributed by atoms with Crippen LogP contribution >= 0.6 is 11.8 Å². The van der Waals surface area contributed by atoms with Gasteiger partial charge in [-0.05, 0) is 26.9 Å². The van der Waals surface area contributed by atoms with Gasteiger partial charge >= 0.3 is 5.97 Å². The number of carboxylic acids is 1. The van der Waals surface area contributed by atoms with Gasteiger partial charge in [-0.25, -0.2) is 4.79 Å². The number of aliphatic carboxylic acids is 1. The summed E-state index contributed by atoms with van der Waals surface area (Å²) < 4.78 is 0. The van der Waals surface area contributed by atoms with Crippen LogP contribution < -0.4 is 0 Å². The fraction of sp³-hybridized carbons (Fsp3) is 0.737. The smallest absolute Gasteiger partial charge is 0.353 e. The Hall–Kier alpha value is -1.60. The molecule has 0 saturated carbocycles. The molecule has 3 aliphatic rings. The summed E-state index contributed by atoms with van der Waals surface area (Å²) in [5.74, 6) is -1.57. The first-order valence-corrected chi connectivity index (χ1v) is 10.7. The summed E-state index contributed by atoms with van der Waals surface area (Å²) in [6, 6.07) is 1.79. The molecule has 4 atom stereocenters. The first-order chi connectivity index (χ1) is 13.4. The van der Waals surface area contributed by atoms with Gasteiger partial charge in [0.25, 0.3) is 0 Å². The predicted molar refractivity (Wildman–Crippen MR) is 105 cm³/mol. The fourth-order valence-corrected chi connectivity index (χ4v) is 5.66. The van der Waals surface area contributed by atoms with E-state index in [4.69, 9.17) is 5.26 Å². The van der Waals surface area contributed by atoms with E-state index >= 15 is 0 Å². The van der Waals surface area contributed by atoms with Gasteiger partial charge in [-0.15, -0.1) is 11.8 Å². The van der Waals surface area contributed by atoms with E-state index in [9.17, 15) is 19.8 Å². The average molecular weight is 409 g/mol. The number of hydrogen-bond donors (Lipinski definition) is 2. The van der Waals surface area contributed by atoms with Gasteiger partial charge in [-0.1, -0.05) is 0 Å². The number of rotatable bonds is 8. The largest absolute Gasteiger partial charge is 0.477 e. The first kappa shape index (κ1) is 21.1. The number of carboxylic acid groups (broad SMARTS) is 1. The number of nitriles is 1. The van der Waals surface area contributed by atoms with Crippen molar-refractivity contribution in [3.63, 3.8) is 0 Å². The Kier molecular flexibility index (Phi) is 6.65. The number of hydrogen-bond acceptors (Lipinski definition) is 7. The number of nitrogens with zero attached hydrogens (tertiary/aromatic N) is 4. The minimum atomic E-state index is -1.11. The van der Waals surface area contributed by atoms with Crippen LogP contribution in [-0.2, 0) is 9.59 Å². The summed E-state index contributed by atoms with van der Waals surface area (Å²) in [6.07, 6.45) is 0.260. The van der Waals surface area contributed by atoms with Crippen molar-refractivity contribution in [2.45, 2.75) is 31.9 Å². The van der Waals surface area contributed by atoms with E-state index in [1.807, 2.05) is 0 Å². The molecule has 0 aliphatic carbocycles. The Morgan fingerprint density at radius 2 is 2.04 bits per heavy atom. The number of aliphatic hydroxyl groups is 1. The van der Waals surface area contributed by atoms with Crippen molar-refractivity contribution in [3.8, 4) is 6.07 Å². The van der Waals surface area contributed by atoms with E-state index in [1.165, 1.54) is 16.7 Å². The third kappa shape index (κ3) is 3.92. The van der Waals surface area contributed by atoms with Gasteiger partial charge < -0.3 is 24.9 Å². The third-order valence-electron chi connectivity index (χ3n) is 5.96. The van der Waals surface area contributed by atoms with Crippen molar-refractivity contribution in [1.29, 1.82) is 5.26 Å². The lowest BCUT2D eigenvalue weighted by molar-refractivity contribution is -0.163. The van der Waals surface area contributed by atoms with E-state index in [0.717, 1.165) is 39.1 Å². The molecular weight excluding hydrogens is 380 g/mol. The van der Waals surface area contributed by atoms with Gasteiger partial charge in [0.15, 0.2) is 0 Å². The quantitative estimate of drug-likeness (QED) is 0.439. The molecule has 0 bridgehead atoms. The summed E-state index contributed by atoms with van der Waals surface area (Å²) in [6.45, 7) is 6.40. The number of likely N-dealkylation sites (N-methyl/N-ethyl adjacent to an activating group) is 1. The highest BCUT2D eigenvalue weighted by atomic mass is 32.2. The molecular formula is C19H28N4O4S. The Balaban J connectivity index is 1.80. The summed E-state index contributed by atoms with van der Waals surface area (Å²) >= 11 is 1.38. The highest BCUT2D eigenvalue weighted by Gasteiger charge is 2.60. The van der Waals surface area contributed by atoms with Crippen molar-refractivity contribution in [2.24, 2.45) is 11.8 Å². The lowest BCUT2D eigenvalue weighted by atomic mass is 9.77. The molecule has 0 unspecified atom stereocenters. The Morgan fingerprint density at radius 3 is 2.61 bits per heavy atom. The van der Waals surface area contributed by atoms with Gasteiger partial charge in [0.05, 0.1) is 24.1 Å². The van der Waals surface area contributed by atoms with E-state index in [2.05, 4.69) is 22.9 Å². The van der Waals surface area contributed by atoms with Crippen molar-refractivity contribution in [2.75, 3.05) is 45.5 Å². The summed E-state index contributed by atoms with van der Waals surface area (Å²) in [7, 11) is 2.10. The number of carbonyl (C=O) groups excluding carboxylic acids is 1. The van der Waals surface area contributed by atoms with Crippen LogP contribution in [0.25, 0.3) is 0 Å². The molecule has 154 valence electrons. The van der Waals surface area contributed by atoms with Gasteiger partial charge in [0.1, 0.15) is 5.70 Å². The van der Waals surface area contributed by atoms with Crippen LogP contribution in [0.4, 0.5) is 0 Å². The van der Waals surface area contributed by atoms with Crippen LogP contribution in [0.2, 0.25) is 0 Å². The highest BCUT2D eigenvalue weighted by molar-refractivity contribution is 8.03. The van der Waals surface area contributed by atoms with Crippen molar-refractivity contribution < 1.29 is 19.8 Å². The van der Waals surface area contributed by atoms with Gasteiger partial charge in [0, 0.05) is 49.2 Å². The van der Waals surface area contributed by atoms with Crippen LogP contribution in [0.5, 0.6) is 0 Å². The van der Waals surface area contributed by atoms with E-state index < -0.39 is 18.0 Å². The Morgan fingerprint density at radius 1 is 1.36 bits per heavy atom. The molecule has 3 rings (SSSR count). The molecule has 2 N–H and O–H groups in total. The second kappa shape index (κ2) is 8.82. The van der Waals surface area contributed by atoms with Gasteiger partial charge in [-0.2, -0.15) is 5.26 Å². The maximum Gasteiger partial charge on any atom is 0.353 e. The predicted octanol–water partition coefficient (Wildman–Crippen LogP) is 0.405. The van der Waals surface area contributed by atoms with Crippen LogP contribution in [0.15, 0.2) is 10.6 Å². The van der Waals surface area contributed by atoms with Crippen LogP contribution in [0.3, 0.4) is 0 Å². The highest BCUT2D eigenvalue weighted by Crippen LogP contribution is 2.52. The third-order valence-corrected chi connectivity index (χ3v) is 7.17. The molecule has 2 fully saturated rings. The van der Waals surface area contributed by atoms with E-state index in [0.29, 0.717) is 17.1 Å². The minimum absolute atomic E-state index is 0.0539. The molecule has 0 aromatic heterocycles. The molecule has 9 heteroatoms. The summed E-state index contributed by atoms with van der Waals surface area (Å²) in [4.78, 5) is 31.2. The monoisotopic (exact) mass is 408 g/mol. The Bertz CT molecular complexity index is 697. The summed E-state index contributed by atoms with van der Waals surface area (Å²) in [5, 5.41) is 28.7. The van der Waals surface area contributed by atoms with Crippen LogP contribution in [0, 0.1) is 23.2 Å². The molecule has 0 aromatic rings. The number of β-lactam (4-membered cyclic amide) rings is 1. The zero-order valence-electron chi connectivity index (χ0n) is 16.4. The molecule has 0 radical (unpaired) electrons. The molecule has 0 spiro atoms. The second-order valence-corrected chi connectivity index (χ2v) is 8.92.